The average Bonchev–Trinajstić information content (AvgIpc) is 2.48. The number of esters is 1. The SMILES string of the molecule is CCOC(=O)C1CCC(C(=O)c2ccccc2)CC1. The lowest BCUT2D eigenvalue weighted by atomic mass is 9.78. The minimum absolute atomic E-state index is 0.0141. The number of carbonyl (C=O) groups is 2. The van der Waals surface area contributed by atoms with E-state index in [1.54, 1.807) is 0 Å². The molecular formula is C16H20O3. The zero-order valence-electron chi connectivity index (χ0n) is 11.3. The zero-order chi connectivity index (χ0) is 13.7. The lowest BCUT2D eigenvalue weighted by molar-refractivity contribution is -0.149. The molecule has 0 bridgehead atoms. The van der Waals surface area contributed by atoms with Crippen molar-refractivity contribution in [3.63, 3.8) is 0 Å². The summed E-state index contributed by atoms with van der Waals surface area (Å²) >= 11 is 0. The van der Waals surface area contributed by atoms with Crippen LogP contribution < -0.4 is 0 Å². The van der Waals surface area contributed by atoms with Crippen molar-refractivity contribution < 1.29 is 14.3 Å². The van der Waals surface area contributed by atoms with E-state index >= 15 is 0 Å². The summed E-state index contributed by atoms with van der Waals surface area (Å²) in [4.78, 5) is 23.9. The molecule has 1 aromatic carbocycles. The summed E-state index contributed by atoms with van der Waals surface area (Å²) < 4.78 is 5.04. The van der Waals surface area contributed by atoms with E-state index in [1.807, 2.05) is 37.3 Å². The number of ether oxygens (including phenoxy) is 1. The second kappa shape index (κ2) is 6.50. The minimum Gasteiger partial charge on any atom is -0.466 e. The largest absolute Gasteiger partial charge is 0.466 e. The van der Waals surface area contributed by atoms with Gasteiger partial charge in [-0.25, -0.2) is 0 Å². The molecule has 3 heteroatoms. The first kappa shape index (κ1) is 13.8. The molecule has 1 aromatic rings. The van der Waals surface area contributed by atoms with Crippen molar-refractivity contribution in [1.82, 2.24) is 0 Å². The molecule has 0 radical (unpaired) electrons. The van der Waals surface area contributed by atoms with Crippen LogP contribution >= 0.6 is 0 Å². The Labute approximate surface area is 114 Å². The summed E-state index contributed by atoms with van der Waals surface area (Å²) in [5.74, 6) is 0.156. The summed E-state index contributed by atoms with van der Waals surface area (Å²) in [6, 6.07) is 9.41. The molecule has 1 aliphatic carbocycles. The molecule has 0 aromatic heterocycles. The molecule has 0 amide bonds. The molecule has 0 N–H and O–H groups in total. The Balaban J connectivity index is 1.90. The molecule has 0 spiro atoms. The standard InChI is InChI=1S/C16H20O3/c1-2-19-16(18)14-10-8-13(9-11-14)15(17)12-6-4-3-5-7-12/h3-7,13-14H,2,8-11H2,1H3. The number of Topliss-reactive ketones (excluding diaryl/α,β-unsaturated/α-hetero) is 1. The summed E-state index contributed by atoms with van der Waals surface area (Å²) in [7, 11) is 0. The van der Waals surface area contributed by atoms with Gasteiger partial charge in [0.25, 0.3) is 0 Å². The molecule has 0 saturated heterocycles. The van der Waals surface area contributed by atoms with Crippen LogP contribution in [0.1, 0.15) is 43.0 Å². The maximum atomic E-state index is 12.3. The van der Waals surface area contributed by atoms with E-state index < -0.39 is 0 Å². The molecule has 0 aliphatic heterocycles. The van der Waals surface area contributed by atoms with Crippen molar-refractivity contribution in [3.05, 3.63) is 35.9 Å². The second-order valence-electron chi connectivity index (χ2n) is 5.03. The first-order chi connectivity index (χ1) is 9.22. The summed E-state index contributed by atoms with van der Waals surface area (Å²) in [6.07, 6.45) is 3.11. The van der Waals surface area contributed by atoms with Gasteiger partial charge in [0.15, 0.2) is 5.78 Å². The van der Waals surface area contributed by atoms with Crippen LogP contribution in [0.4, 0.5) is 0 Å². The Hall–Kier alpha value is -1.64. The van der Waals surface area contributed by atoms with E-state index in [9.17, 15) is 9.59 Å². The van der Waals surface area contributed by atoms with Gasteiger partial charge in [-0.1, -0.05) is 30.3 Å². The third kappa shape index (κ3) is 3.43. The lowest BCUT2D eigenvalue weighted by Crippen LogP contribution is -2.27. The van der Waals surface area contributed by atoms with E-state index in [1.165, 1.54) is 0 Å². The van der Waals surface area contributed by atoms with Gasteiger partial charge in [0.1, 0.15) is 0 Å². The van der Waals surface area contributed by atoms with Crippen molar-refractivity contribution in [3.8, 4) is 0 Å². The predicted octanol–water partition coefficient (Wildman–Crippen LogP) is 3.24. The van der Waals surface area contributed by atoms with Crippen molar-refractivity contribution in [2.24, 2.45) is 11.8 Å². The van der Waals surface area contributed by atoms with Gasteiger partial charge in [0.2, 0.25) is 0 Å². The highest BCUT2D eigenvalue weighted by Gasteiger charge is 2.30. The predicted molar refractivity (Wildman–Crippen MR) is 72.9 cm³/mol. The van der Waals surface area contributed by atoms with Gasteiger partial charge in [-0.15, -0.1) is 0 Å². The van der Waals surface area contributed by atoms with Crippen LogP contribution in [0, 0.1) is 11.8 Å². The van der Waals surface area contributed by atoms with E-state index in [0.29, 0.717) is 6.61 Å². The Morgan fingerprint density at radius 1 is 1.05 bits per heavy atom. The smallest absolute Gasteiger partial charge is 0.308 e. The van der Waals surface area contributed by atoms with E-state index in [0.717, 1.165) is 31.2 Å². The number of benzene rings is 1. The number of hydrogen-bond donors (Lipinski definition) is 0. The van der Waals surface area contributed by atoms with Crippen LogP contribution in [-0.4, -0.2) is 18.4 Å². The summed E-state index contributed by atoms with van der Waals surface area (Å²) in [6.45, 7) is 2.25. The highest BCUT2D eigenvalue weighted by Crippen LogP contribution is 2.31. The fourth-order valence-electron chi connectivity index (χ4n) is 2.69. The fourth-order valence-corrected chi connectivity index (χ4v) is 2.69. The van der Waals surface area contributed by atoms with Crippen LogP contribution in [0.3, 0.4) is 0 Å². The van der Waals surface area contributed by atoms with Crippen LogP contribution in [0.15, 0.2) is 30.3 Å². The molecule has 0 atom stereocenters. The maximum Gasteiger partial charge on any atom is 0.308 e. The van der Waals surface area contributed by atoms with Gasteiger partial charge in [-0.2, -0.15) is 0 Å². The van der Waals surface area contributed by atoms with Gasteiger partial charge in [0.05, 0.1) is 12.5 Å². The number of carbonyl (C=O) groups excluding carboxylic acids is 2. The van der Waals surface area contributed by atoms with Crippen LogP contribution in [0.2, 0.25) is 0 Å². The fraction of sp³-hybridized carbons (Fsp3) is 0.500. The molecule has 3 nitrogen and oxygen atoms in total. The Bertz CT molecular complexity index is 431. The molecule has 1 fully saturated rings. The van der Waals surface area contributed by atoms with Gasteiger partial charge in [-0.3, -0.25) is 9.59 Å². The first-order valence-corrected chi connectivity index (χ1v) is 6.98. The molecule has 1 aliphatic rings. The summed E-state index contributed by atoms with van der Waals surface area (Å²) in [5.41, 5.74) is 0.780. The second-order valence-corrected chi connectivity index (χ2v) is 5.03. The Kier molecular flexibility index (Phi) is 4.72. The highest BCUT2D eigenvalue weighted by atomic mass is 16.5. The van der Waals surface area contributed by atoms with Crippen molar-refractivity contribution in [2.45, 2.75) is 32.6 Å². The molecule has 2 rings (SSSR count). The molecule has 102 valence electrons. The third-order valence-corrected chi connectivity index (χ3v) is 3.78. The van der Waals surface area contributed by atoms with Crippen LogP contribution in [0.5, 0.6) is 0 Å². The molecule has 1 saturated carbocycles. The Morgan fingerprint density at radius 3 is 2.21 bits per heavy atom. The van der Waals surface area contributed by atoms with Gasteiger partial charge < -0.3 is 4.74 Å². The van der Waals surface area contributed by atoms with E-state index in [-0.39, 0.29) is 23.6 Å². The van der Waals surface area contributed by atoms with Crippen molar-refractivity contribution >= 4 is 11.8 Å². The summed E-state index contributed by atoms with van der Waals surface area (Å²) in [5, 5.41) is 0. The Morgan fingerprint density at radius 2 is 1.63 bits per heavy atom. The van der Waals surface area contributed by atoms with Crippen molar-refractivity contribution in [2.75, 3.05) is 6.61 Å². The van der Waals surface area contributed by atoms with Gasteiger partial charge in [0, 0.05) is 11.5 Å². The lowest BCUT2D eigenvalue weighted by Gasteiger charge is -2.26. The van der Waals surface area contributed by atoms with Crippen molar-refractivity contribution in [1.29, 1.82) is 0 Å². The number of hydrogen-bond acceptors (Lipinski definition) is 3. The highest BCUT2D eigenvalue weighted by molar-refractivity contribution is 5.97. The number of rotatable bonds is 4. The van der Waals surface area contributed by atoms with Crippen LogP contribution in [-0.2, 0) is 9.53 Å². The minimum atomic E-state index is -0.104. The van der Waals surface area contributed by atoms with E-state index in [2.05, 4.69) is 0 Å². The molecule has 0 heterocycles. The monoisotopic (exact) mass is 260 g/mol. The number of ketones is 1. The van der Waals surface area contributed by atoms with E-state index in [4.69, 9.17) is 4.74 Å². The maximum absolute atomic E-state index is 12.3. The van der Waals surface area contributed by atoms with Crippen LogP contribution in [0.25, 0.3) is 0 Å². The molecule has 0 unspecified atom stereocenters. The van der Waals surface area contributed by atoms with Gasteiger partial charge in [-0.05, 0) is 32.6 Å². The first-order valence-electron chi connectivity index (χ1n) is 6.98. The topological polar surface area (TPSA) is 43.4 Å². The van der Waals surface area contributed by atoms with Gasteiger partial charge >= 0.3 is 5.97 Å². The molecular weight excluding hydrogens is 240 g/mol. The quantitative estimate of drug-likeness (QED) is 0.616. The normalized spacial score (nSPS) is 22.8. The average molecular weight is 260 g/mol. The molecule has 19 heavy (non-hydrogen) atoms. The zero-order valence-corrected chi connectivity index (χ0v) is 11.3. The third-order valence-electron chi connectivity index (χ3n) is 3.78.